The van der Waals surface area contributed by atoms with Gasteiger partial charge in [0.05, 0.1) is 23.4 Å². The van der Waals surface area contributed by atoms with Crippen LogP contribution in [0.3, 0.4) is 0 Å². The second-order valence-electron chi connectivity index (χ2n) is 3.29. The molecule has 0 aromatic heterocycles. The maximum Gasteiger partial charge on any atom is 0.272 e. The van der Waals surface area contributed by atoms with Crippen LogP contribution in [0.2, 0.25) is 0 Å². The molecule has 0 atom stereocenters. The van der Waals surface area contributed by atoms with E-state index in [0.717, 1.165) is 4.90 Å². The van der Waals surface area contributed by atoms with Gasteiger partial charge in [-0.1, -0.05) is 0 Å². The van der Waals surface area contributed by atoms with E-state index in [2.05, 4.69) is 0 Å². The number of hydrogen-bond donors (Lipinski definition) is 1. The molecule has 1 saturated heterocycles. The molecule has 80 valence electrons. The van der Waals surface area contributed by atoms with E-state index in [-0.39, 0.29) is 5.69 Å². The minimum absolute atomic E-state index is 0.0396. The summed E-state index contributed by atoms with van der Waals surface area (Å²) in [5.41, 5.74) is 6.05. The van der Waals surface area contributed by atoms with Crippen LogP contribution in [-0.2, 0) is 4.74 Å². The summed E-state index contributed by atoms with van der Waals surface area (Å²) in [6, 6.07) is 4.65. The number of nitrogen functional groups attached to an aromatic ring is 1. The van der Waals surface area contributed by atoms with Gasteiger partial charge in [0.1, 0.15) is 0 Å². The Hall–Kier alpha value is -1.27. The van der Waals surface area contributed by atoms with Gasteiger partial charge in [-0.3, -0.25) is 10.1 Å². The molecule has 0 unspecified atom stereocenters. The van der Waals surface area contributed by atoms with Crippen molar-refractivity contribution in [2.24, 2.45) is 0 Å². The van der Waals surface area contributed by atoms with E-state index in [0.29, 0.717) is 24.2 Å². The van der Waals surface area contributed by atoms with Crippen LogP contribution in [0.5, 0.6) is 0 Å². The third kappa shape index (κ3) is 2.40. The summed E-state index contributed by atoms with van der Waals surface area (Å²) in [4.78, 5) is 11.0. The van der Waals surface area contributed by atoms with Gasteiger partial charge in [0.15, 0.2) is 0 Å². The molecule has 1 fully saturated rings. The van der Waals surface area contributed by atoms with E-state index < -0.39 is 4.92 Å². The molecule has 1 heterocycles. The van der Waals surface area contributed by atoms with Crippen LogP contribution in [0.1, 0.15) is 0 Å². The van der Waals surface area contributed by atoms with Gasteiger partial charge < -0.3 is 10.5 Å². The maximum absolute atomic E-state index is 10.6. The number of anilines is 1. The molecule has 0 amide bonds. The molecule has 2 N–H and O–H groups in total. The molecule has 0 spiro atoms. The molecule has 15 heavy (non-hydrogen) atoms. The summed E-state index contributed by atoms with van der Waals surface area (Å²) < 4.78 is 5.03. The van der Waals surface area contributed by atoms with Gasteiger partial charge in [-0.15, -0.1) is 11.8 Å². The lowest BCUT2D eigenvalue weighted by Crippen LogP contribution is -2.30. The molecule has 1 aliphatic rings. The van der Waals surface area contributed by atoms with Gasteiger partial charge in [-0.25, -0.2) is 0 Å². The predicted molar refractivity (Wildman–Crippen MR) is 58.0 cm³/mol. The Morgan fingerprint density at radius 1 is 1.47 bits per heavy atom. The molecule has 0 saturated carbocycles. The number of nitrogens with zero attached hydrogens (tertiary/aromatic N) is 1. The number of nitro benzene ring substituents is 1. The van der Waals surface area contributed by atoms with Crippen LogP contribution in [0.15, 0.2) is 23.1 Å². The number of benzene rings is 1. The average Bonchev–Trinajstić information content (AvgIpc) is 2.10. The number of thioether (sulfide) groups is 1. The smallest absolute Gasteiger partial charge is 0.272 e. The molecule has 1 aromatic rings. The Labute approximate surface area is 90.7 Å². The number of rotatable bonds is 3. The van der Waals surface area contributed by atoms with Crippen molar-refractivity contribution in [3.05, 3.63) is 28.3 Å². The van der Waals surface area contributed by atoms with Gasteiger partial charge in [-0.2, -0.15) is 0 Å². The second-order valence-corrected chi connectivity index (χ2v) is 4.67. The van der Waals surface area contributed by atoms with Crippen LogP contribution >= 0.6 is 11.8 Å². The summed E-state index contributed by atoms with van der Waals surface area (Å²) in [5.74, 6) is 0. The van der Waals surface area contributed by atoms with E-state index >= 15 is 0 Å². The number of non-ortho nitro benzene ring substituents is 1. The zero-order valence-corrected chi connectivity index (χ0v) is 8.70. The topological polar surface area (TPSA) is 78.4 Å². The molecule has 0 bridgehead atoms. The third-order valence-corrected chi connectivity index (χ3v) is 3.15. The molecule has 2 rings (SSSR count). The van der Waals surface area contributed by atoms with Gasteiger partial charge >= 0.3 is 0 Å². The zero-order chi connectivity index (χ0) is 10.8. The molecule has 1 aromatic carbocycles. The number of ether oxygens (including phenoxy) is 1. The zero-order valence-electron chi connectivity index (χ0n) is 7.88. The lowest BCUT2D eigenvalue weighted by molar-refractivity contribution is -0.385. The largest absolute Gasteiger partial charge is 0.398 e. The summed E-state index contributed by atoms with van der Waals surface area (Å²) in [6.07, 6.45) is 0. The highest BCUT2D eigenvalue weighted by atomic mass is 32.2. The van der Waals surface area contributed by atoms with Crippen LogP contribution in [0.25, 0.3) is 0 Å². The van der Waals surface area contributed by atoms with Crippen molar-refractivity contribution in [3.63, 3.8) is 0 Å². The van der Waals surface area contributed by atoms with Gasteiger partial charge in [0.25, 0.3) is 5.69 Å². The summed E-state index contributed by atoms with van der Waals surface area (Å²) >= 11 is 1.57. The minimum atomic E-state index is -0.433. The number of nitrogens with two attached hydrogens (primary N) is 1. The lowest BCUT2D eigenvalue weighted by atomic mass is 10.3. The fourth-order valence-electron chi connectivity index (χ4n) is 1.25. The first-order valence-corrected chi connectivity index (χ1v) is 5.32. The van der Waals surface area contributed by atoms with Gasteiger partial charge in [-0.05, 0) is 6.07 Å². The fraction of sp³-hybridized carbons (Fsp3) is 0.333. The molecule has 0 radical (unpaired) electrons. The highest BCUT2D eigenvalue weighted by molar-refractivity contribution is 8.00. The summed E-state index contributed by atoms with van der Waals surface area (Å²) in [5, 5.41) is 11.0. The molecular weight excluding hydrogens is 216 g/mol. The van der Waals surface area contributed by atoms with Crippen LogP contribution in [0, 0.1) is 10.1 Å². The number of nitro groups is 1. The molecule has 6 heteroatoms. The van der Waals surface area contributed by atoms with Crippen molar-refractivity contribution in [2.45, 2.75) is 10.1 Å². The standard InChI is InChI=1S/C9H10N2O3S/c10-6-1-7(11(12)13)3-8(2-6)15-9-4-14-5-9/h1-3,9H,4-5,10H2. The first kappa shape index (κ1) is 10.3. The van der Waals surface area contributed by atoms with E-state index in [4.69, 9.17) is 10.5 Å². The van der Waals surface area contributed by atoms with E-state index in [1.54, 1.807) is 23.9 Å². The Balaban J connectivity index is 2.18. The Morgan fingerprint density at radius 3 is 2.73 bits per heavy atom. The molecule has 0 aliphatic carbocycles. The quantitative estimate of drug-likeness (QED) is 0.482. The van der Waals surface area contributed by atoms with Gasteiger partial charge in [0, 0.05) is 22.7 Å². The van der Waals surface area contributed by atoms with Crippen molar-refractivity contribution in [3.8, 4) is 0 Å². The first-order valence-electron chi connectivity index (χ1n) is 4.44. The second kappa shape index (κ2) is 4.08. The van der Waals surface area contributed by atoms with Crippen LogP contribution in [-0.4, -0.2) is 23.4 Å². The summed E-state index contributed by atoms with van der Waals surface area (Å²) in [6.45, 7) is 1.40. The average molecular weight is 226 g/mol. The summed E-state index contributed by atoms with van der Waals surface area (Å²) in [7, 11) is 0. The number of hydrogen-bond acceptors (Lipinski definition) is 5. The molecule has 5 nitrogen and oxygen atoms in total. The Kier molecular flexibility index (Phi) is 2.79. The van der Waals surface area contributed by atoms with E-state index in [9.17, 15) is 10.1 Å². The van der Waals surface area contributed by atoms with Crippen LogP contribution < -0.4 is 5.73 Å². The SMILES string of the molecule is Nc1cc(SC2COC2)cc([N+](=O)[O-])c1. The highest BCUT2D eigenvalue weighted by Crippen LogP contribution is 2.32. The predicted octanol–water partition coefficient (Wildman–Crippen LogP) is 1.67. The minimum Gasteiger partial charge on any atom is -0.398 e. The van der Waals surface area contributed by atoms with Crippen LogP contribution in [0.4, 0.5) is 11.4 Å². The normalized spacial score (nSPS) is 16.0. The van der Waals surface area contributed by atoms with Gasteiger partial charge in [0.2, 0.25) is 0 Å². The molecular formula is C9H10N2O3S. The third-order valence-electron chi connectivity index (χ3n) is 2.03. The Bertz CT molecular complexity index is 393. The van der Waals surface area contributed by atoms with Crippen molar-refractivity contribution >= 4 is 23.1 Å². The maximum atomic E-state index is 10.6. The van der Waals surface area contributed by atoms with Crippen molar-refractivity contribution in [1.82, 2.24) is 0 Å². The first-order chi connectivity index (χ1) is 7.15. The van der Waals surface area contributed by atoms with Crippen molar-refractivity contribution < 1.29 is 9.66 Å². The monoisotopic (exact) mass is 226 g/mol. The van der Waals surface area contributed by atoms with Crippen molar-refractivity contribution in [1.29, 1.82) is 0 Å². The van der Waals surface area contributed by atoms with Crippen molar-refractivity contribution in [2.75, 3.05) is 18.9 Å². The van der Waals surface area contributed by atoms with E-state index in [1.807, 2.05) is 0 Å². The molecule has 1 aliphatic heterocycles. The van der Waals surface area contributed by atoms with E-state index in [1.165, 1.54) is 6.07 Å². The Morgan fingerprint density at radius 2 is 2.20 bits per heavy atom. The fourth-order valence-corrected chi connectivity index (χ4v) is 2.36. The highest BCUT2D eigenvalue weighted by Gasteiger charge is 2.20. The lowest BCUT2D eigenvalue weighted by Gasteiger charge is -2.25.